The number of carbonyl (C=O) groups is 1. The van der Waals surface area contributed by atoms with Crippen molar-refractivity contribution in [3.63, 3.8) is 0 Å². The zero-order valence-corrected chi connectivity index (χ0v) is 13.9. The molecule has 1 saturated carbocycles. The van der Waals surface area contributed by atoms with E-state index >= 15 is 0 Å². The fraction of sp³-hybridized carbons (Fsp3) is 0.529. The lowest BCUT2D eigenvalue weighted by atomic mass is 9.95. The zero-order chi connectivity index (χ0) is 17.2. The minimum atomic E-state index is -1.21. The summed E-state index contributed by atoms with van der Waals surface area (Å²) in [7, 11) is 1.61. The molecule has 0 spiro atoms. The Morgan fingerprint density at radius 3 is 2.79 bits per heavy atom. The third kappa shape index (κ3) is 3.17. The largest absolute Gasteiger partial charge is 0.493 e. The van der Waals surface area contributed by atoms with Gasteiger partial charge in [-0.3, -0.25) is 10.0 Å². The first-order chi connectivity index (χ1) is 11.6. The average Bonchev–Trinajstić information content (AvgIpc) is 3.24. The summed E-state index contributed by atoms with van der Waals surface area (Å²) < 4.78 is 11.5. The van der Waals surface area contributed by atoms with Gasteiger partial charge in [-0.1, -0.05) is 5.16 Å². The summed E-state index contributed by atoms with van der Waals surface area (Å²) in [5.74, 6) is 0.711. The van der Waals surface area contributed by atoms with Crippen molar-refractivity contribution in [2.24, 2.45) is 5.16 Å². The van der Waals surface area contributed by atoms with E-state index in [1.165, 1.54) is 12.8 Å². The maximum absolute atomic E-state index is 11.7. The van der Waals surface area contributed by atoms with E-state index in [1.807, 2.05) is 18.2 Å². The van der Waals surface area contributed by atoms with Crippen LogP contribution < -0.4 is 15.0 Å². The Bertz CT molecular complexity index is 654. The van der Waals surface area contributed by atoms with Gasteiger partial charge in [0.15, 0.2) is 11.5 Å². The molecule has 2 N–H and O–H groups in total. The lowest BCUT2D eigenvalue weighted by Gasteiger charge is -2.18. The van der Waals surface area contributed by atoms with E-state index in [0.29, 0.717) is 17.2 Å². The van der Waals surface area contributed by atoms with Crippen LogP contribution in [0.3, 0.4) is 0 Å². The van der Waals surface area contributed by atoms with E-state index in [-0.39, 0.29) is 12.5 Å². The number of ether oxygens (including phenoxy) is 2. The molecule has 0 unspecified atom stereocenters. The molecule has 7 nitrogen and oxygen atoms in total. The summed E-state index contributed by atoms with van der Waals surface area (Å²) in [5, 5.41) is 12.8. The molecule has 24 heavy (non-hydrogen) atoms. The van der Waals surface area contributed by atoms with E-state index in [2.05, 4.69) is 5.16 Å². The number of hydrogen-bond acceptors (Lipinski definition) is 6. The van der Waals surface area contributed by atoms with E-state index < -0.39 is 11.5 Å². The summed E-state index contributed by atoms with van der Waals surface area (Å²) in [6.07, 6.45) is 4.93. The van der Waals surface area contributed by atoms with Crippen LogP contribution in [0, 0.1) is 0 Å². The number of benzene rings is 1. The molecule has 0 aromatic heterocycles. The fourth-order valence-corrected chi connectivity index (χ4v) is 3.07. The molecule has 1 aliphatic heterocycles. The molecule has 1 aliphatic carbocycles. The highest BCUT2D eigenvalue weighted by Gasteiger charge is 2.42. The number of methoxy groups -OCH3 is 1. The van der Waals surface area contributed by atoms with Gasteiger partial charge in [-0.15, -0.1) is 0 Å². The van der Waals surface area contributed by atoms with Crippen molar-refractivity contribution < 1.29 is 24.3 Å². The molecule has 1 aromatic carbocycles. The van der Waals surface area contributed by atoms with Gasteiger partial charge >= 0.3 is 0 Å². The van der Waals surface area contributed by atoms with Gasteiger partial charge in [-0.2, -0.15) is 0 Å². The number of amides is 1. The smallest absolute Gasteiger partial charge is 0.290 e. The third-order valence-electron chi connectivity index (χ3n) is 4.54. The normalized spacial score (nSPS) is 23.5. The quantitative estimate of drug-likeness (QED) is 0.637. The Hall–Kier alpha value is -2.28. The topological polar surface area (TPSA) is 89.4 Å². The van der Waals surface area contributed by atoms with Crippen molar-refractivity contribution in [1.29, 1.82) is 0 Å². The summed E-state index contributed by atoms with van der Waals surface area (Å²) >= 11 is 0. The first-order valence-corrected chi connectivity index (χ1v) is 8.10. The highest BCUT2D eigenvalue weighted by molar-refractivity contribution is 6.05. The Balaban J connectivity index is 1.80. The number of hydroxylamine groups is 1. The second-order valence-corrected chi connectivity index (χ2v) is 6.37. The van der Waals surface area contributed by atoms with Crippen LogP contribution in [-0.4, -0.2) is 35.6 Å². The number of nitrogens with one attached hydrogen (secondary N) is 1. The minimum absolute atomic E-state index is 0.210. The van der Waals surface area contributed by atoms with Crippen LogP contribution in [0.25, 0.3) is 0 Å². The van der Waals surface area contributed by atoms with Crippen molar-refractivity contribution in [3.05, 3.63) is 23.8 Å². The van der Waals surface area contributed by atoms with Crippen molar-refractivity contribution in [2.45, 2.75) is 50.7 Å². The standard InChI is InChI=1S/C17H22N2O5/c1-17(16(20)18-21)10-13(19-24-17)11-7-8-14(22-2)15(9-11)23-12-5-3-4-6-12/h7-9,12,21H,3-6,10H2,1-2H3,(H,18,20)/t17-/m0/s1. The number of carbonyl (C=O) groups excluding carboxylic acids is 1. The van der Waals surface area contributed by atoms with Crippen molar-refractivity contribution in [1.82, 2.24) is 5.48 Å². The second-order valence-electron chi connectivity index (χ2n) is 6.37. The maximum atomic E-state index is 11.7. The number of rotatable bonds is 5. The van der Waals surface area contributed by atoms with Crippen molar-refractivity contribution >= 4 is 11.6 Å². The Labute approximate surface area is 140 Å². The molecule has 0 bridgehead atoms. The van der Waals surface area contributed by atoms with Gasteiger partial charge < -0.3 is 14.3 Å². The number of nitrogens with zero attached hydrogens (tertiary/aromatic N) is 1. The molecular weight excluding hydrogens is 312 g/mol. The molecule has 130 valence electrons. The average molecular weight is 334 g/mol. The van der Waals surface area contributed by atoms with Gasteiger partial charge in [-0.05, 0) is 50.8 Å². The van der Waals surface area contributed by atoms with Gasteiger partial charge in [0, 0.05) is 12.0 Å². The molecule has 3 rings (SSSR count). The maximum Gasteiger partial charge on any atom is 0.290 e. The first kappa shape index (κ1) is 16.6. The SMILES string of the molecule is COc1ccc(C2=NO[C@](C)(C(=O)NO)C2)cc1OC1CCCC1. The third-order valence-corrected chi connectivity index (χ3v) is 4.54. The zero-order valence-electron chi connectivity index (χ0n) is 13.9. The van der Waals surface area contributed by atoms with Crippen molar-refractivity contribution in [2.75, 3.05) is 7.11 Å². The molecule has 2 aliphatic rings. The van der Waals surface area contributed by atoms with Crippen LogP contribution in [-0.2, 0) is 9.63 Å². The van der Waals surface area contributed by atoms with Gasteiger partial charge in [0.2, 0.25) is 5.60 Å². The molecule has 1 fully saturated rings. The van der Waals surface area contributed by atoms with Gasteiger partial charge in [0.1, 0.15) is 0 Å². The summed E-state index contributed by atoms with van der Waals surface area (Å²) in [6, 6.07) is 5.54. The monoisotopic (exact) mass is 334 g/mol. The van der Waals surface area contributed by atoms with Crippen LogP contribution in [0.15, 0.2) is 23.4 Å². The van der Waals surface area contributed by atoms with Crippen LogP contribution in [0.1, 0.15) is 44.6 Å². The predicted octanol–water partition coefficient (Wildman–Crippen LogP) is 2.41. The van der Waals surface area contributed by atoms with E-state index in [4.69, 9.17) is 19.5 Å². The molecule has 0 saturated heterocycles. The van der Waals surface area contributed by atoms with Crippen LogP contribution in [0.4, 0.5) is 0 Å². The Morgan fingerprint density at radius 2 is 2.12 bits per heavy atom. The summed E-state index contributed by atoms with van der Waals surface area (Å²) in [6.45, 7) is 1.58. The number of oxime groups is 1. The molecule has 1 aromatic rings. The number of hydrogen-bond donors (Lipinski definition) is 2. The van der Waals surface area contributed by atoms with Crippen LogP contribution >= 0.6 is 0 Å². The Kier molecular flexibility index (Phi) is 4.62. The Morgan fingerprint density at radius 1 is 1.38 bits per heavy atom. The fourth-order valence-electron chi connectivity index (χ4n) is 3.07. The minimum Gasteiger partial charge on any atom is -0.493 e. The van der Waals surface area contributed by atoms with Gasteiger partial charge in [0.25, 0.3) is 5.91 Å². The van der Waals surface area contributed by atoms with Gasteiger partial charge in [-0.25, -0.2) is 5.48 Å². The van der Waals surface area contributed by atoms with Crippen LogP contribution in [0.5, 0.6) is 11.5 Å². The predicted molar refractivity (Wildman–Crippen MR) is 86.5 cm³/mol. The van der Waals surface area contributed by atoms with Gasteiger partial charge in [0.05, 0.1) is 18.9 Å². The summed E-state index contributed by atoms with van der Waals surface area (Å²) in [5.41, 5.74) is 1.83. The molecule has 1 heterocycles. The first-order valence-electron chi connectivity index (χ1n) is 8.10. The summed E-state index contributed by atoms with van der Waals surface area (Å²) in [4.78, 5) is 16.9. The molecular formula is C17H22N2O5. The van der Waals surface area contributed by atoms with E-state index in [9.17, 15) is 4.79 Å². The highest BCUT2D eigenvalue weighted by atomic mass is 16.7. The van der Waals surface area contributed by atoms with Crippen LogP contribution in [0.2, 0.25) is 0 Å². The van der Waals surface area contributed by atoms with E-state index in [0.717, 1.165) is 18.4 Å². The lowest BCUT2D eigenvalue weighted by Crippen LogP contribution is -2.43. The molecule has 1 amide bonds. The van der Waals surface area contributed by atoms with E-state index in [1.54, 1.807) is 19.5 Å². The highest BCUT2D eigenvalue weighted by Crippen LogP contribution is 2.34. The molecule has 1 atom stereocenters. The molecule has 7 heteroatoms. The second kappa shape index (κ2) is 6.68. The lowest BCUT2D eigenvalue weighted by molar-refractivity contribution is -0.150. The molecule has 0 radical (unpaired) electrons. The van der Waals surface area contributed by atoms with Crippen molar-refractivity contribution in [3.8, 4) is 11.5 Å².